The van der Waals surface area contributed by atoms with E-state index in [-0.39, 0.29) is 16.8 Å². The molecule has 90 valence electrons. The van der Waals surface area contributed by atoms with Gasteiger partial charge in [-0.2, -0.15) is 8.42 Å². The Labute approximate surface area is 97.2 Å². The SMILES string of the molecule is Nc1ccc2c(O)cc(S(=O)(=O)O)c(N)c2c1. The Morgan fingerprint density at radius 1 is 1.06 bits per heavy atom. The Morgan fingerprint density at radius 3 is 2.29 bits per heavy atom. The van der Waals surface area contributed by atoms with Crippen LogP contribution in [0.4, 0.5) is 11.4 Å². The zero-order valence-electron chi connectivity index (χ0n) is 8.58. The van der Waals surface area contributed by atoms with Gasteiger partial charge in [-0.15, -0.1) is 0 Å². The molecule has 0 radical (unpaired) electrons. The zero-order valence-corrected chi connectivity index (χ0v) is 9.40. The minimum Gasteiger partial charge on any atom is -0.507 e. The summed E-state index contributed by atoms with van der Waals surface area (Å²) in [4.78, 5) is -0.534. The highest BCUT2D eigenvalue weighted by Crippen LogP contribution is 2.35. The number of phenols is 1. The summed E-state index contributed by atoms with van der Waals surface area (Å²) in [5, 5.41) is 10.3. The van der Waals surface area contributed by atoms with E-state index in [0.29, 0.717) is 11.1 Å². The van der Waals surface area contributed by atoms with Crippen LogP contribution in [0.2, 0.25) is 0 Å². The average molecular weight is 254 g/mol. The van der Waals surface area contributed by atoms with Crippen LogP contribution in [0, 0.1) is 0 Å². The molecule has 0 atom stereocenters. The minimum atomic E-state index is -4.49. The van der Waals surface area contributed by atoms with Crippen LogP contribution in [0.1, 0.15) is 0 Å². The number of hydrogen-bond donors (Lipinski definition) is 4. The van der Waals surface area contributed by atoms with Crippen LogP contribution in [0.3, 0.4) is 0 Å². The fourth-order valence-electron chi connectivity index (χ4n) is 1.63. The first-order valence-electron chi connectivity index (χ1n) is 4.59. The second kappa shape index (κ2) is 3.51. The fraction of sp³-hybridized carbons (Fsp3) is 0. The maximum atomic E-state index is 11.1. The van der Waals surface area contributed by atoms with Crippen LogP contribution in [-0.2, 0) is 10.1 Å². The summed E-state index contributed by atoms with van der Waals surface area (Å²) < 4.78 is 31.1. The largest absolute Gasteiger partial charge is 0.507 e. The Hall–Kier alpha value is -1.99. The van der Waals surface area contributed by atoms with E-state index in [1.54, 1.807) is 6.07 Å². The summed E-state index contributed by atoms with van der Waals surface area (Å²) in [5.41, 5.74) is 11.4. The zero-order chi connectivity index (χ0) is 12.8. The first-order chi connectivity index (χ1) is 7.80. The van der Waals surface area contributed by atoms with E-state index in [2.05, 4.69) is 0 Å². The molecule has 2 aromatic rings. The lowest BCUT2D eigenvalue weighted by atomic mass is 10.1. The summed E-state index contributed by atoms with van der Waals surface area (Å²) in [6.07, 6.45) is 0. The molecule has 0 aliphatic heterocycles. The maximum absolute atomic E-state index is 11.1. The number of benzene rings is 2. The first-order valence-corrected chi connectivity index (χ1v) is 6.03. The van der Waals surface area contributed by atoms with E-state index in [1.165, 1.54) is 12.1 Å². The number of rotatable bonds is 1. The van der Waals surface area contributed by atoms with Crippen molar-refractivity contribution in [2.75, 3.05) is 11.5 Å². The van der Waals surface area contributed by atoms with Gasteiger partial charge in [0.1, 0.15) is 10.6 Å². The molecule has 0 aromatic heterocycles. The number of nitrogens with two attached hydrogens (primary N) is 2. The van der Waals surface area contributed by atoms with Gasteiger partial charge in [0, 0.05) is 22.5 Å². The summed E-state index contributed by atoms with van der Waals surface area (Å²) in [5.74, 6) is -0.290. The van der Waals surface area contributed by atoms with Gasteiger partial charge in [0.25, 0.3) is 10.1 Å². The molecule has 0 fully saturated rings. The molecule has 7 heteroatoms. The molecule has 0 bridgehead atoms. The lowest BCUT2D eigenvalue weighted by molar-refractivity contribution is 0.471. The van der Waals surface area contributed by atoms with Gasteiger partial charge in [-0.05, 0) is 18.2 Å². The number of fused-ring (bicyclic) bond motifs is 1. The molecule has 17 heavy (non-hydrogen) atoms. The number of phenolic OH excluding ortho intramolecular Hbond substituents is 1. The quantitative estimate of drug-likeness (QED) is 0.341. The van der Waals surface area contributed by atoms with E-state index in [0.717, 1.165) is 6.07 Å². The van der Waals surface area contributed by atoms with Crippen molar-refractivity contribution in [2.45, 2.75) is 4.90 Å². The molecule has 2 rings (SSSR count). The Kier molecular flexibility index (Phi) is 2.37. The molecule has 0 saturated carbocycles. The number of nitrogen functional groups attached to an aromatic ring is 2. The van der Waals surface area contributed by atoms with Crippen molar-refractivity contribution in [3.63, 3.8) is 0 Å². The van der Waals surface area contributed by atoms with E-state index in [4.69, 9.17) is 16.0 Å². The molecule has 0 saturated heterocycles. The van der Waals surface area contributed by atoms with Crippen LogP contribution < -0.4 is 11.5 Å². The molecular formula is C10H10N2O4S. The van der Waals surface area contributed by atoms with Crippen molar-refractivity contribution in [3.05, 3.63) is 24.3 Å². The lowest BCUT2D eigenvalue weighted by Crippen LogP contribution is -2.04. The highest BCUT2D eigenvalue weighted by molar-refractivity contribution is 7.86. The third kappa shape index (κ3) is 1.85. The predicted molar refractivity (Wildman–Crippen MR) is 64.3 cm³/mol. The van der Waals surface area contributed by atoms with Crippen LogP contribution in [-0.4, -0.2) is 18.1 Å². The summed E-state index contributed by atoms with van der Waals surface area (Å²) in [6.45, 7) is 0. The van der Waals surface area contributed by atoms with Crippen molar-refractivity contribution in [3.8, 4) is 5.75 Å². The Morgan fingerprint density at radius 2 is 1.71 bits per heavy atom. The average Bonchev–Trinajstić information content (AvgIpc) is 2.21. The maximum Gasteiger partial charge on any atom is 0.296 e. The molecule has 0 spiro atoms. The van der Waals surface area contributed by atoms with E-state index < -0.39 is 15.0 Å². The molecule has 0 unspecified atom stereocenters. The van der Waals surface area contributed by atoms with Crippen LogP contribution in [0.25, 0.3) is 10.8 Å². The van der Waals surface area contributed by atoms with Crippen molar-refractivity contribution in [1.82, 2.24) is 0 Å². The molecule has 2 aromatic carbocycles. The van der Waals surface area contributed by atoms with Crippen LogP contribution >= 0.6 is 0 Å². The second-order valence-electron chi connectivity index (χ2n) is 3.59. The van der Waals surface area contributed by atoms with Gasteiger partial charge < -0.3 is 16.6 Å². The molecular weight excluding hydrogens is 244 g/mol. The number of hydrogen-bond acceptors (Lipinski definition) is 5. The monoisotopic (exact) mass is 254 g/mol. The molecule has 0 aliphatic carbocycles. The van der Waals surface area contributed by atoms with E-state index >= 15 is 0 Å². The summed E-state index contributed by atoms with van der Waals surface area (Å²) in [7, 11) is -4.49. The predicted octanol–water partition coefficient (Wildman–Crippen LogP) is 0.957. The van der Waals surface area contributed by atoms with Crippen molar-refractivity contribution >= 4 is 32.3 Å². The Bertz CT molecular complexity index is 710. The van der Waals surface area contributed by atoms with Crippen molar-refractivity contribution < 1.29 is 18.1 Å². The van der Waals surface area contributed by atoms with E-state index in [1.807, 2.05) is 0 Å². The van der Waals surface area contributed by atoms with Crippen molar-refractivity contribution in [2.24, 2.45) is 0 Å². The smallest absolute Gasteiger partial charge is 0.296 e. The summed E-state index contributed by atoms with van der Waals surface area (Å²) in [6, 6.07) is 5.40. The highest BCUT2D eigenvalue weighted by Gasteiger charge is 2.18. The van der Waals surface area contributed by atoms with Gasteiger partial charge in [-0.3, -0.25) is 4.55 Å². The lowest BCUT2D eigenvalue weighted by Gasteiger charge is -2.09. The van der Waals surface area contributed by atoms with Gasteiger partial charge in [-0.25, -0.2) is 0 Å². The Balaban J connectivity index is 2.98. The molecule has 0 amide bonds. The molecule has 6 N–H and O–H groups in total. The third-order valence-electron chi connectivity index (χ3n) is 2.42. The molecule has 6 nitrogen and oxygen atoms in total. The highest BCUT2D eigenvalue weighted by atomic mass is 32.2. The molecule has 0 aliphatic rings. The summed E-state index contributed by atoms with van der Waals surface area (Å²) >= 11 is 0. The minimum absolute atomic E-state index is 0.146. The normalized spacial score (nSPS) is 11.8. The van der Waals surface area contributed by atoms with Gasteiger partial charge in [0.2, 0.25) is 0 Å². The van der Waals surface area contributed by atoms with Gasteiger partial charge >= 0.3 is 0 Å². The fourth-order valence-corrected chi connectivity index (χ4v) is 2.28. The first kappa shape index (κ1) is 11.5. The van der Waals surface area contributed by atoms with Crippen LogP contribution in [0.5, 0.6) is 5.75 Å². The molecule has 0 heterocycles. The van der Waals surface area contributed by atoms with E-state index in [9.17, 15) is 13.5 Å². The number of aromatic hydroxyl groups is 1. The standard InChI is InChI=1S/C10H10N2O4S/c11-5-1-2-6-7(3-5)10(12)9(4-8(6)13)17(14,15)16/h1-4,13H,11-12H2,(H,14,15,16). The number of anilines is 2. The van der Waals surface area contributed by atoms with Crippen molar-refractivity contribution in [1.29, 1.82) is 0 Å². The topological polar surface area (TPSA) is 127 Å². The van der Waals surface area contributed by atoms with Gasteiger partial charge in [0.15, 0.2) is 0 Å². The van der Waals surface area contributed by atoms with Gasteiger partial charge in [-0.1, -0.05) is 0 Å². The van der Waals surface area contributed by atoms with Crippen LogP contribution in [0.15, 0.2) is 29.2 Å². The third-order valence-corrected chi connectivity index (χ3v) is 3.31. The van der Waals surface area contributed by atoms with Gasteiger partial charge in [0.05, 0.1) is 5.69 Å². The second-order valence-corrected chi connectivity index (χ2v) is 4.98.